The minimum absolute atomic E-state index is 0.243. The van der Waals surface area contributed by atoms with E-state index in [2.05, 4.69) is 33.9 Å². The Morgan fingerprint density at radius 1 is 1.42 bits per heavy atom. The molecule has 1 aliphatic carbocycles. The lowest BCUT2D eigenvalue weighted by atomic mass is 10.0. The lowest BCUT2D eigenvalue weighted by Gasteiger charge is -2.33. The molecule has 0 aromatic heterocycles. The molecule has 0 spiro atoms. The molecule has 1 aliphatic rings. The van der Waals surface area contributed by atoms with Gasteiger partial charge in [0.1, 0.15) is 5.75 Å². The Hall–Kier alpha value is -0.580. The molecule has 3 nitrogen and oxygen atoms in total. The summed E-state index contributed by atoms with van der Waals surface area (Å²) in [7, 11) is 3.89. The summed E-state index contributed by atoms with van der Waals surface area (Å²) in [5, 5.41) is 0. The number of halogens is 1. The van der Waals surface area contributed by atoms with Crippen molar-refractivity contribution in [2.24, 2.45) is 5.73 Å². The predicted octanol–water partition coefficient (Wildman–Crippen LogP) is 3.33. The number of hydrogen-bond donors (Lipinski definition) is 1. The van der Waals surface area contributed by atoms with E-state index in [4.69, 9.17) is 10.5 Å². The number of likely N-dealkylation sites (N-methyl/N-ethyl adjacent to an activating group) is 1. The number of hydrogen-bond acceptors (Lipinski definition) is 3. The molecule has 106 valence electrons. The van der Waals surface area contributed by atoms with E-state index >= 15 is 0 Å². The van der Waals surface area contributed by atoms with Gasteiger partial charge in [0.05, 0.1) is 7.11 Å². The molecule has 2 N–H and O–H groups in total. The average molecular weight is 327 g/mol. The van der Waals surface area contributed by atoms with Gasteiger partial charge in [-0.1, -0.05) is 28.8 Å². The van der Waals surface area contributed by atoms with Gasteiger partial charge in [-0.05, 0) is 43.7 Å². The van der Waals surface area contributed by atoms with Crippen LogP contribution in [0.4, 0.5) is 0 Å². The van der Waals surface area contributed by atoms with Gasteiger partial charge in [0, 0.05) is 23.1 Å². The Morgan fingerprint density at radius 2 is 2.11 bits per heavy atom. The van der Waals surface area contributed by atoms with Crippen molar-refractivity contribution in [2.75, 3.05) is 20.7 Å². The smallest absolute Gasteiger partial charge is 0.119 e. The summed E-state index contributed by atoms with van der Waals surface area (Å²) in [6.45, 7) is 0.624. The van der Waals surface area contributed by atoms with Crippen LogP contribution in [0.2, 0.25) is 0 Å². The summed E-state index contributed by atoms with van der Waals surface area (Å²) in [5.74, 6) is 0.886. The van der Waals surface area contributed by atoms with Crippen molar-refractivity contribution in [3.8, 4) is 5.75 Å². The van der Waals surface area contributed by atoms with Gasteiger partial charge in [-0.25, -0.2) is 0 Å². The molecule has 1 fully saturated rings. The predicted molar refractivity (Wildman–Crippen MR) is 82.5 cm³/mol. The highest BCUT2D eigenvalue weighted by Gasteiger charge is 2.27. The van der Waals surface area contributed by atoms with Gasteiger partial charge in [-0.3, -0.25) is 4.90 Å². The molecule has 0 bridgehead atoms. The van der Waals surface area contributed by atoms with Crippen molar-refractivity contribution in [2.45, 2.75) is 37.8 Å². The zero-order valence-corrected chi connectivity index (χ0v) is 13.3. The van der Waals surface area contributed by atoms with E-state index in [1.54, 1.807) is 7.11 Å². The van der Waals surface area contributed by atoms with E-state index in [-0.39, 0.29) is 6.04 Å². The van der Waals surface area contributed by atoms with E-state index in [1.807, 2.05) is 12.1 Å². The summed E-state index contributed by atoms with van der Waals surface area (Å²) in [4.78, 5) is 2.44. The van der Waals surface area contributed by atoms with Crippen LogP contribution in [0.1, 0.15) is 37.3 Å². The van der Waals surface area contributed by atoms with Gasteiger partial charge >= 0.3 is 0 Å². The number of nitrogens with zero attached hydrogens (tertiary/aromatic N) is 1. The van der Waals surface area contributed by atoms with Crippen LogP contribution in [0.5, 0.6) is 5.75 Å². The van der Waals surface area contributed by atoms with Crippen LogP contribution < -0.4 is 10.5 Å². The molecule has 0 aliphatic heterocycles. The molecule has 0 radical (unpaired) electrons. The second-order valence-corrected chi connectivity index (χ2v) is 6.10. The second kappa shape index (κ2) is 6.73. The molecular weight excluding hydrogens is 304 g/mol. The largest absolute Gasteiger partial charge is 0.497 e. The third-order valence-corrected chi connectivity index (χ3v) is 4.90. The van der Waals surface area contributed by atoms with Crippen molar-refractivity contribution in [1.29, 1.82) is 0 Å². The van der Waals surface area contributed by atoms with Crippen LogP contribution in [0.3, 0.4) is 0 Å². The Bertz CT molecular complexity index is 419. The van der Waals surface area contributed by atoms with Crippen LogP contribution in [-0.2, 0) is 0 Å². The van der Waals surface area contributed by atoms with Crippen molar-refractivity contribution in [1.82, 2.24) is 4.90 Å². The van der Waals surface area contributed by atoms with Crippen LogP contribution >= 0.6 is 15.9 Å². The fourth-order valence-corrected chi connectivity index (χ4v) is 3.49. The maximum atomic E-state index is 6.03. The first-order valence-corrected chi connectivity index (χ1v) is 7.72. The van der Waals surface area contributed by atoms with Crippen LogP contribution in [0.25, 0.3) is 0 Å². The van der Waals surface area contributed by atoms with Gasteiger partial charge in [-0.15, -0.1) is 0 Å². The minimum atomic E-state index is 0.243. The lowest BCUT2D eigenvalue weighted by molar-refractivity contribution is 0.179. The highest BCUT2D eigenvalue weighted by atomic mass is 79.9. The SMILES string of the molecule is COc1ccc(Br)c(C(CN)N(C)C2CCCC2)c1. The van der Waals surface area contributed by atoms with E-state index < -0.39 is 0 Å². The monoisotopic (exact) mass is 326 g/mol. The molecule has 1 saturated carbocycles. The second-order valence-electron chi connectivity index (χ2n) is 5.24. The molecule has 19 heavy (non-hydrogen) atoms. The first-order valence-electron chi connectivity index (χ1n) is 6.92. The van der Waals surface area contributed by atoms with Gasteiger partial charge in [0.2, 0.25) is 0 Å². The molecule has 0 saturated heterocycles. The quantitative estimate of drug-likeness (QED) is 0.901. The number of ether oxygens (including phenoxy) is 1. The zero-order chi connectivity index (χ0) is 13.8. The van der Waals surface area contributed by atoms with E-state index in [0.29, 0.717) is 12.6 Å². The van der Waals surface area contributed by atoms with E-state index in [1.165, 1.54) is 31.2 Å². The van der Waals surface area contributed by atoms with Crippen molar-refractivity contribution in [3.05, 3.63) is 28.2 Å². The summed E-state index contributed by atoms with van der Waals surface area (Å²) >= 11 is 3.64. The first kappa shape index (κ1) is 14.8. The maximum absolute atomic E-state index is 6.03. The summed E-state index contributed by atoms with van der Waals surface area (Å²) in [6, 6.07) is 7.00. The van der Waals surface area contributed by atoms with Crippen molar-refractivity contribution >= 4 is 15.9 Å². The molecule has 1 unspecified atom stereocenters. The first-order chi connectivity index (χ1) is 9.17. The van der Waals surface area contributed by atoms with Crippen LogP contribution in [-0.4, -0.2) is 31.6 Å². The van der Waals surface area contributed by atoms with Gasteiger partial charge in [0.15, 0.2) is 0 Å². The zero-order valence-electron chi connectivity index (χ0n) is 11.7. The number of methoxy groups -OCH3 is 1. The third kappa shape index (κ3) is 3.30. The van der Waals surface area contributed by atoms with Gasteiger partial charge in [0.25, 0.3) is 0 Å². The van der Waals surface area contributed by atoms with Crippen LogP contribution in [0.15, 0.2) is 22.7 Å². The normalized spacial score (nSPS) is 17.9. The molecule has 1 atom stereocenters. The number of rotatable bonds is 5. The maximum Gasteiger partial charge on any atom is 0.119 e. The Kier molecular flexibility index (Phi) is 5.25. The third-order valence-electron chi connectivity index (χ3n) is 4.18. The average Bonchev–Trinajstić information content (AvgIpc) is 2.95. The summed E-state index contributed by atoms with van der Waals surface area (Å²) in [6.07, 6.45) is 5.25. The molecule has 4 heteroatoms. The molecule has 1 aromatic carbocycles. The fourth-order valence-electron chi connectivity index (χ4n) is 2.98. The summed E-state index contributed by atoms with van der Waals surface area (Å²) < 4.78 is 6.43. The molecule has 0 amide bonds. The van der Waals surface area contributed by atoms with Crippen molar-refractivity contribution < 1.29 is 4.74 Å². The Balaban J connectivity index is 2.24. The Morgan fingerprint density at radius 3 is 2.68 bits per heavy atom. The Labute approximate surface area is 124 Å². The minimum Gasteiger partial charge on any atom is -0.497 e. The van der Waals surface area contributed by atoms with Crippen LogP contribution in [0, 0.1) is 0 Å². The number of benzene rings is 1. The fraction of sp³-hybridized carbons (Fsp3) is 0.600. The van der Waals surface area contributed by atoms with Gasteiger partial charge < -0.3 is 10.5 Å². The number of nitrogens with two attached hydrogens (primary N) is 1. The molecule has 1 aromatic rings. The molecule has 2 rings (SSSR count). The highest BCUT2D eigenvalue weighted by molar-refractivity contribution is 9.10. The molecular formula is C15H23BrN2O. The van der Waals surface area contributed by atoms with E-state index in [9.17, 15) is 0 Å². The van der Waals surface area contributed by atoms with E-state index in [0.717, 1.165) is 10.2 Å². The highest BCUT2D eigenvalue weighted by Crippen LogP contribution is 2.34. The molecule has 0 heterocycles. The standard InChI is InChI=1S/C15H23BrN2O/c1-18(11-5-3-4-6-11)15(10-17)13-9-12(19-2)7-8-14(13)16/h7-9,11,15H,3-6,10,17H2,1-2H3. The summed E-state index contributed by atoms with van der Waals surface area (Å²) in [5.41, 5.74) is 7.25. The van der Waals surface area contributed by atoms with Gasteiger partial charge in [-0.2, -0.15) is 0 Å². The van der Waals surface area contributed by atoms with Crippen molar-refractivity contribution in [3.63, 3.8) is 0 Å². The lowest BCUT2D eigenvalue weighted by Crippen LogP contribution is -2.37. The topological polar surface area (TPSA) is 38.5 Å².